The van der Waals surface area contributed by atoms with Gasteiger partial charge in [-0.2, -0.15) is 5.10 Å². The second-order valence-electron chi connectivity index (χ2n) is 6.19. The maximum Gasteiger partial charge on any atom is 0.287 e. The SMILES string of the molecule is COCCNC(=O)c1oc2c(c1C)/C(=N/NC(=O)c1ccncc1)CCC2. The first-order valence-electron chi connectivity index (χ1n) is 8.78. The van der Waals surface area contributed by atoms with E-state index in [0.717, 1.165) is 35.4 Å². The summed E-state index contributed by atoms with van der Waals surface area (Å²) in [6.45, 7) is 2.67. The standard InChI is InChI=1S/C19H22N4O4/c1-12-16-14(22-23-18(24)13-6-8-20-9-7-13)4-3-5-15(16)27-17(12)19(25)21-10-11-26-2/h6-9H,3-5,10-11H2,1-2H3,(H,21,25)(H,23,24)/b22-14+. The Morgan fingerprint density at radius 3 is 2.78 bits per heavy atom. The number of hydrogen-bond acceptors (Lipinski definition) is 6. The van der Waals surface area contributed by atoms with E-state index in [1.54, 1.807) is 31.6 Å². The number of fused-ring (bicyclic) bond motifs is 1. The third-order valence-electron chi connectivity index (χ3n) is 4.36. The van der Waals surface area contributed by atoms with Gasteiger partial charge in [0.15, 0.2) is 5.76 Å². The Morgan fingerprint density at radius 1 is 1.26 bits per heavy atom. The lowest BCUT2D eigenvalue weighted by atomic mass is 9.93. The molecule has 0 unspecified atom stereocenters. The highest BCUT2D eigenvalue weighted by molar-refractivity contribution is 6.07. The van der Waals surface area contributed by atoms with E-state index >= 15 is 0 Å². The van der Waals surface area contributed by atoms with Gasteiger partial charge >= 0.3 is 0 Å². The minimum absolute atomic E-state index is 0.279. The van der Waals surface area contributed by atoms with Crippen LogP contribution in [0.1, 0.15) is 50.6 Å². The quantitative estimate of drug-likeness (QED) is 0.596. The van der Waals surface area contributed by atoms with Gasteiger partial charge in [-0.15, -0.1) is 0 Å². The molecule has 8 nitrogen and oxygen atoms in total. The summed E-state index contributed by atoms with van der Waals surface area (Å²) in [6.07, 6.45) is 5.38. The highest BCUT2D eigenvalue weighted by Crippen LogP contribution is 2.29. The van der Waals surface area contributed by atoms with Crippen molar-refractivity contribution in [3.05, 3.63) is 52.7 Å². The Kier molecular flexibility index (Phi) is 5.97. The molecule has 2 aromatic heterocycles. The molecule has 142 valence electrons. The molecule has 2 amide bonds. The zero-order valence-electron chi connectivity index (χ0n) is 15.4. The number of carbonyl (C=O) groups excluding carboxylic acids is 2. The molecule has 8 heteroatoms. The van der Waals surface area contributed by atoms with Crippen LogP contribution in [0.25, 0.3) is 0 Å². The topological polar surface area (TPSA) is 106 Å². The van der Waals surface area contributed by atoms with Crippen LogP contribution in [-0.4, -0.2) is 42.8 Å². The van der Waals surface area contributed by atoms with Crippen molar-refractivity contribution < 1.29 is 18.7 Å². The Morgan fingerprint density at radius 2 is 2.04 bits per heavy atom. The fourth-order valence-electron chi connectivity index (χ4n) is 3.03. The van der Waals surface area contributed by atoms with Crippen molar-refractivity contribution in [3.8, 4) is 0 Å². The molecule has 27 heavy (non-hydrogen) atoms. The average molecular weight is 370 g/mol. The first-order chi connectivity index (χ1) is 13.1. The molecular formula is C19H22N4O4. The number of nitrogens with one attached hydrogen (secondary N) is 2. The monoisotopic (exact) mass is 370 g/mol. The van der Waals surface area contributed by atoms with Gasteiger partial charge in [0.05, 0.1) is 12.3 Å². The summed E-state index contributed by atoms with van der Waals surface area (Å²) in [7, 11) is 1.58. The van der Waals surface area contributed by atoms with Crippen LogP contribution in [0.4, 0.5) is 0 Å². The van der Waals surface area contributed by atoms with E-state index in [0.29, 0.717) is 25.1 Å². The minimum atomic E-state index is -0.310. The van der Waals surface area contributed by atoms with Crippen molar-refractivity contribution in [3.63, 3.8) is 0 Å². The van der Waals surface area contributed by atoms with Crippen LogP contribution < -0.4 is 10.7 Å². The number of pyridine rings is 1. The molecule has 0 saturated heterocycles. The molecule has 0 atom stereocenters. The van der Waals surface area contributed by atoms with Gasteiger partial charge in [-0.3, -0.25) is 14.6 Å². The van der Waals surface area contributed by atoms with Crippen LogP contribution in [0, 0.1) is 6.92 Å². The zero-order chi connectivity index (χ0) is 19.2. The number of carbonyl (C=O) groups is 2. The van der Waals surface area contributed by atoms with Gasteiger partial charge in [0.25, 0.3) is 11.8 Å². The number of amides is 2. The average Bonchev–Trinajstić information content (AvgIpc) is 3.04. The van der Waals surface area contributed by atoms with Crippen LogP contribution in [0.3, 0.4) is 0 Å². The third-order valence-corrected chi connectivity index (χ3v) is 4.36. The van der Waals surface area contributed by atoms with Gasteiger partial charge in [-0.05, 0) is 31.9 Å². The van der Waals surface area contributed by atoms with Gasteiger partial charge in [-0.25, -0.2) is 5.43 Å². The molecular weight excluding hydrogens is 348 g/mol. The van der Waals surface area contributed by atoms with Gasteiger partial charge in [0, 0.05) is 49.2 Å². The van der Waals surface area contributed by atoms with E-state index in [9.17, 15) is 9.59 Å². The van der Waals surface area contributed by atoms with Crippen molar-refractivity contribution in [2.45, 2.75) is 26.2 Å². The van der Waals surface area contributed by atoms with Crippen molar-refractivity contribution in [1.82, 2.24) is 15.7 Å². The van der Waals surface area contributed by atoms with Crippen LogP contribution in [0.15, 0.2) is 34.0 Å². The van der Waals surface area contributed by atoms with Crippen molar-refractivity contribution in [2.75, 3.05) is 20.3 Å². The summed E-state index contributed by atoms with van der Waals surface area (Å²) in [4.78, 5) is 28.4. The predicted molar refractivity (Wildman–Crippen MR) is 98.8 cm³/mol. The first-order valence-corrected chi connectivity index (χ1v) is 8.78. The second kappa shape index (κ2) is 8.59. The first kappa shape index (κ1) is 18.8. The molecule has 0 fully saturated rings. The van der Waals surface area contributed by atoms with E-state index in [4.69, 9.17) is 9.15 Å². The smallest absolute Gasteiger partial charge is 0.287 e. The van der Waals surface area contributed by atoms with Gasteiger partial charge in [0.2, 0.25) is 0 Å². The third kappa shape index (κ3) is 4.22. The molecule has 3 rings (SSSR count). The molecule has 0 bridgehead atoms. The molecule has 0 aromatic carbocycles. The highest BCUT2D eigenvalue weighted by Gasteiger charge is 2.28. The predicted octanol–water partition coefficient (Wildman–Crippen LogP) is 1.83. The van der Waals surface area contributed by atoms with E-state index in [1.807, 2.05) is 6.92 Å². The van der Waals surface area contributed by atoms with Crippen molar-refractivity contribution in [1.29, 1.82) is 0 Å². The summed E-state index contributed by atoms with van der Waals surface area (Å²) in [5.74, 6) is 0.425. The Balaban J connectivity index is 1.79. The molecule has 2 aromatic rings. The normalized spacial score (nSPS) is 14.7. The summed E-state index contributed by atoms with van der Waals surface area (Å²) < 4.78 is 10.7. The summed E-state index contributed by atoms with van der Waals surface area (Å²) in [6, 6.07) is 3.24. The lowest BCUT2D eigenvalue weighted by Crippen LogP contribution is -2.27. The van der Waals surface area contributed by atoms with E-state index in [1.165, 1.54) is 0 Å². The lowest BCUT2D eigenvalue weighted by molar-refractivity contribution is 0.0906. The molecule has 0 aliphatic heterocycles. The van der Waals surface area contributed by atoms with Crippen LogP contribution in [0.5, 0.6) is 0 Å². The van der Waals surface area contributed by atoms with Gasteiger partial charge in [0.1, 0.15) is 5.76 Å². The number of methoxy groups -OCH3 is 1. The molecule has 0 spiro atoms. The molecule has 1 aliphatic carbocycles. The van der Waals surface area contributed by atoms with Crippen LogP contribution in [-0.2, 0) is 11.2 Å². The number of hydrogen-bond donors (Lipinski definition) is 2. The lowest BCUT2D eigenvalue weighted by Gasteiger charge is -2.13. The summed E-state index contributed by atoms with van der Waals surface area (Å²) in [5.41, 5.74) is 5.32. The number of rotatable bonds is 6. The number of hydrazone groups is 1. The summed E-state index contributed by atoms with van der Waals surface area (Å²) in [5, 5.41) is 7.06. The van der Waals surface area contributed by atoms with Crippen molar-refractivity contribution >= 4 is 17.5 Å². The number of furan rings is 1. The fraction of sp³-hybridized carbons (Fsp3) is 0.368. The fourth-order valence-corrected chi connectivity index (χ4v) is 3.03. The maximum atomic E-state index is 12.3. The number of ether oxygens (including phenoxy) is 1. The van der Waals surface area contributed by atoms with Crippen LogP contribution in [0.2, 0.25) is 0 Å². The Bertz CT molecular complexity index is 858. The summed E-state index contributed by atoms with van der Waals surface area (Å²) >= 11 is 0. The molecule has 1 aliphatic rings. The molecule has 0 saturated carbocycles. The van der Waals surface area contributed by atoms with E-state index in [-0.39, 0.29) is 17.6 Å². The second-order valence-corrected chi connectivity index (χ2v) is 6.19. The maximum absolute atomic E-state index is 12.3. The van der Waals surface area contributed by atoms with Crippen LogP contribution >= 0.6 is 0 Å². The van der Waals surface area contributed by atoms with Gasteiger partial charge in [-0.1, -0.05) is 0 Å². The van der Waals surface area contributed by atoms with E-state index in [2.05, 4.69) is 20.8 Å². The largest absolute Gasteiger partial charge is 0.455 e. The highest BCUT2D eigenvalue weighted by atomic mass is 16.5. The van der Waals surface area contributed by atoms with E-state index < -0.39 is 0 Å². The molecule has 2 N–H and O–H groups in total. The van der Waals surface area contributed by atoms with Gasteiger partial charge < -0.3 is 14.5 Å². The number of nitrogens with zero attached hydrogens (tertiary/aromatic N) is 2. The Labute approximate surface area is 157 Å². The van der Waals surface area contributed by atoms with Crippen molar-refractivity contribution in [2.24, 2.45) is 5.10 Å². The zero-order valence-corrected chi connectivity index (χ0v) is 15.4. The number of aryl methyl sites for hydroxylation is 1. The Hall–Kier alpha value is -3.00. The minimum Gasteiger partial charge on any atom is -0.455 e. The number of aromatic nitrogens is 1. The molecule has 2 heterocycles. The molecule has 0 radical (unpaired) electrons.